The van der Waals surface area contributed by atoms with E-state index in [1.54, 1.807) is 0 Å². The number of hydrogen-bond donors (Lipinski definition) is 0. The number of nitriles is 1. The van der Waals surface area contributed by atoms with E-state index in [9.17, 15) is 10.1 Å². The molecule has 2 aliphatic heterocycles. The summed E-state index contributed by atoms with van der Waals surface area (Å²) in [6, 6.07) is 18.2. The van der Waals surface area contributed by atoms with Crippen LogP contribution in [-0.2, 0) is 4.74 Å². The fourth-order valence-corrected chi connectivity index (χ4v) is 4.89. The number of ether oxygens (including phenoxy) is 2. The molecule has 1 unspecified atom stereocenters. The molecule has 1 spiro atoms. The first-order valence-corrected chi connectivity index (χ1v) is 11.8. The lowest BCUT2D eigenvalue weighted by molar-refractivity contribution is -0.173. The van der Waals surface area contributed by atoms with Gasteiger partial charge in [0.05, 0.1) is 30.4 Å². The summed E-state index contributed by atoms with van der Waals surface area (Å²) in [7, 11) is 0. The molecule has 1 atom stereocenters. The standard InChI is InChI=1S/C27H33N3O3/c1-20(2)32-24-10-9-23(17-21(24)3)26(31)30-14-11-27(12-15-30)19-29(16-13-28)18-25(33-27)22-7-5-4-6-8-22/h4-10,17,20,25H,11-12,14-16,18-19H2,1-3H3. The minimum atomic E-state index is -0.336. The lowest BCUT2D eigenvalue weighted by Crippen LogP contribution is -2.58. The first-order valence-electron chi connectivity index (χ1n) is 11.8. The smallest absolute Gasteiger partial charge is 0.253 e. The van der Waals surface area contributed by atoms with Gasteiger partial charge in [-0.25, -0.2) is 0 Å². The van der Waals surface area contributed by atoms with Gasteiger partial charge in [-0.05, 0) is 62.9 Å². The van der Waals surface area contributed by atoms with Crippen molar-refractivity contribution in [3.63, 3.8) is 0 Å². The third-order valence-electron chi connectivity index (χ3n) is 6.54. The lowest BCUT2D eigenvalue weighted by Gasteiger charge is -2.49. The zero-order valence-electron chi connectivity index (χ0n) is 19.8. The predicted molar refractivity (Wildman–Crippen MR) is 127 cm³/mol. The molecule has 2 saturated heterocycles. The van der Waals surface area contributed by atoms with Crippen LogP contribution in [0.3, 0.4) is 0 Å². The molecule has 2 aromatic rings. The van der Waals surface area contributed by atoms with Gasteiger partial charge >= 0.3 is 0 Å². The maximum Gasteiger partial charge on any atom is 0.253 e. The molecule has 2 aromatic carbocycles. The number of nitrogens with zero attached hydrogens (tertiary/aromatic N) is 3. The van der Waals surface area contributed by atoms with Gasteiger partial charge in [0.2, 0.25) is 0 Å². The number of morpholine rings is 1. The molecule has 2 fully saturated rings. The number of likely N-dealkylation sites (tertiary alicyclic amines) is 1. The molecule has 0 bridgehead atoms. The van der Waals surface area contributed by atoms with Crippen LogP contribution in [0, 0.1) is 18.3 Å². The van der Waals surface area contributed by atoms with E-state index >= 15 is 0 Å². The van der Waals surface area contributed by atoms with Crippen LogP contribution in [0.4, 0.5) is 0 Å². The Balaban J connectivity index is 1.45. The van der Waals surface area contributed by atoms with Crippen molar-refractivity contribution in [1.82, 2.24) is 9.80 Å². The minimum Gasteiger partial charge on any atom is -0.491 e. The van der Waals surface area contributed by atoms with Crippen molar-refractivity contribution in [1.29, 1.82) is 5.26 Å². The molecule has 0 saturated carbocycles. The van der Waals surface area contributed by atoms with E-state index in [1.165, 1.54) is 0 Å². The molecule has 2 heterocycles. The van der Waals surface area contributed by atoms with Gasteiger partial charge in [-0.3, -0.25) is 9.69 Å². The van der Waals surface area contributed by atoms with Crippen LogP contribution in [0.15, 0.2) is 48.5 Å². The Hall–Kier alpha value is -2.88. The lowest BCUT2D eigenvalue weighted by atomic mass is 9.87. The highest BCUT2D eigenvalue weighted by Crippen LogP contribution is 2.38. The number of carbonyl (C=O) groups is 1. The fourth-order valence-electron chi connectivity index (χ4n) is 4.89. The third kappa shape index (κ3) is 5.38. The third-order valence-corrected chi connectivity index (χ3v) is 6.54. The SMILES string of the molecule is Cc1cc(C(=O)N2CCC3(CC2)CN(CC#N)CC(c2ccccc2)O3)ccc1OC(C)C. The van der Waals surface area contributed by atoms with Crippen molar-refractivity contribution in [3.8, 4) is 11.8 Å². The van der Waals surface area contributed by atoms with Gasteiger partial charge in [0.25, 0.3) is 5.91 Å². The summed E-state index contributed by atoms with van der Waals surface area (Å²) in [5, 5.41) is 9.30. The van der Waals surface area contributed by atoms with Gasteiger partial charge in [0.1, 0.15) is 5.75 Å². The van der Waals surface area contributed by atoms with Crippen LogP contribution in [0.2, 0.25) is 0 Å². The summed E-state index contributed by atoms with van der Waals surface area (Å²) in [5.41, 5.74) is 2.46. The summed E-state index contributed by atoms with van der Waals surface area (Å²) in [4.78, 5) is 17.3. The molecule has 0 aliphatic carbocycles. The molecule has 1 amide bonds. The van der Waals surface area contributed by atoms with E-state index in [0.29, 0.717) is 31.7 Å². The molecule has 6 heteroatoms. The van der Waals surface area contributed by atoms with Crippen molar-refractivity contribution in [3.05, 3.63) is 65.2 Å². The quantitative estimate of drug-likeness (QED) is 0.638. The average Bonchev–Trinajstić information content (AvgIpc) is 2.81. The summed E-state index contributed by atoms with van der Waals surface area (Å²) in [6.45, 7) is 9.08. The van der Waals surface area contributed by atoms with Crippen molar-refractivity contribution < 1.29 is 14.3 Å². The molecule has 2 aliphatic rings. The zero-order chi connectivity index (χ0) is 23.4. The highest BCUT2D eigenvalue weighted by molar-refractivity contribution is 5.94. The molecule has 0 N–H and O–H groups in total. The Morgan fingerprint density at radius 3 is 2.58 bits per heavy atom. The van der Waals surface area contributed by atoms with Crippen LogP contribution >= 0.6 is 0 Å². The van der Waals surface area contributed by atoms with Gasteiger partial charge in [-0.15, -0.1) is 0 Å². The Bertz CT molecular complexity index is 1010. The predicted octanol–water partition coefficient (Wildman–Crippen LogP) is 4.35. The van der Waals surface area contributed by atoms with E-state index in [2.05, 4.69) is 23.1 Å². The summed E-state index contributed by atoms with van der Waals surface area (Å²) >= 11 is 0. The second-order valence-electron chi connectivity index (χ2n) is 9.47. The van der Waals surface area contributed by atoms with E-state index < -0.39 is 0 Å². The molecule has 0 aromatic heterocycles. The van der Waals surface area contributed by atoms with Gasteiger partial charge in [0.15, 0.2) is 0 Å². The first kappa shape index (κ1) is 23.3. The molecule has 6 nitrogen and oxygen atoms in total. The number of aryl methyl sites for hydroxylation is 1. The maximum absolute atomic E-state index is 13.2. The number of piperidine rings is 1. The largest absolute Gasteiger partial charge is 0.491 e. The Labute approximate surface area is 196 Å². The van der Waals surface area contributed by atoms with Crippen LogP contribution in [0.5, 0.6) is 5.75 Å². The second kappa shape index (κ2) is 9.94. The zero-order valence-corrected chi connectivity index (χ0v) is 19.8. The number of benzene rings is 2. The molecule has 174 valence electrons. The van der Waals surface area contributed by atoms with Crippen LogP contribution in [0.1, 0.15) is 54.3 Å². The Morgan fingerprint density at radius 1 is 1.21 bits per heavy atom. The topological polar surface area (TPSA) is 65.8 Å². The van der Waals surface area contributed by atoms with Crippen LogP contribution in [0.25, 0.3) is 0 Å². The Kier molecular flexibility index (Phi) is 7.02. The molecular formula is C27H33N3O3. The average molecular weight is 448 g/mol. The van der Waals surface area contributed by atoms with E-state index in [1.807, 2.05) is 62.1 Å². The van der Waals surface area contributed by atoms with Crippen molar-refractivity contribution >= 4 is 5.91 Å². The van der Waals surface area contributed by atoms with Crippen LogP contribution < -0.4 is 4.74 Å². The van der Waals surface area contributed by atoms with E-state index in [0.717, 1.165) is 36.3 Å². The normalized spacial score (nSPS) is 20.6. The molecule has 4 rings (SSSR count). The monoisotopic (exact) mass is 447 g/mol. The highest BCUT2D eigenvalue weighted by atomic mass is 16.5. The van der Waals surface area contributed by atoms with E-state index in [-0.39, 0.29) is 23.7 Å². The van der Waals surface area contributed by atoms with Crippen molar-refractivity contribution in [2.45, 2.75) is 51.4 Å². The minimum absolute atomic E-state index is 0.0494. The first-order chi connectivity index (χ1) is 15.9. The second-order valence-corrected chi connectivity index (χ2v) is 9.47. The van der Waals surface area contributed by atoms with Crippen molar-refractivity contribution in [2.24, 2.45) is 0 Å². The summed E-state index contributed by atoms with van der Waals surface area (Å²) < 4.78 is 12.5. The summed E-state index contributed by atoms with van der Waals surface area (Å²) in [5.74, 6) is 0.868. The number of rotatable bonds is 5. The van der Waals surface area contributed by atoms with Crippen molar-refractivity contribution in [2.75, 3.05) is 32.7 Å². The van der Waals surface area contributed by atoms with Gasteiger partial charge < -0.3 is 14.4 Å². The summed E-state index contributed by atoms with van der Waals surface area (Å²) in [6.07, 6.45) is 1.56. The van der Waals surface area contributed by atoms with Crippen LogP contribution in [-0.4, -0.2) is 60.1 Å². The Morgan fingerprint density at radius 2 is 1.94 bits per heavy atom. The van der Waals surface area contributed by atoms with E-state index in [4.69, 9.17) is 9.47 Å². The maximum atomic E-state index is 13.2. The number of carbonyl (C=O) groups excluding carboxylic acids is 1. The van der Waals surface area contributed by atoms with Gasteiger partial charge in [0, 0.05) is 31.7 Å². The molecule has 33 heavy (non-hydrogen) atoms. The fraction of sp³-hybridized carbons (Fsp3) is 0.481. The van der Waals surface area contributed by atoms with Gasteiger partial charge in [-0.2, -0.15) is 5.26 Å². The highest BCUT2D eigenvalue weighted by Gasteiger charge is 2.44. The molecular weight excluding hydrogens is 414 g/mol. The number of hydrogen-bond acceptors (Lipinski definition) is 5. The molecule has 0 radical (unpaired) electrons. The van der Waals surface area contributed by atoms with Gasteiger partial charge in [-0.1, -0.05) is 30.3 Å². The number of amides is 1.